The summed E-state index contributed by atoms with van der Waals surface area (Å²) in [5.41, 5.74) is 7.00. The van der Waals surface area contributed by atoms with Crippen molar-refractivity contribution < 1.29 is 14.7 Å². The predicted octanol–water partition coefficient (Wildman–Crippen LogP) is 1.29. The lowest BCUT2D eigenvalue weighted by molar-refractivity contribution is -0.144. The lowest BCUT2D eigenvalue weighted by Gasteiger charge is -2.39. The van der Waals surface area contributed by atoms with Gasteiger partial charge in [0.15, 0.2) is 0 Å². The Kier molecular flexibility index (Phi) is 3.32. The number of carbonyl (C=O) groups excluding carboxylic acids is 1. The molecular formula is C14H18N2O3. The molecule has 0 saturated heterocycles. The Morgan fingerprint density at radius 1 is 1.42 bits per heavy atom. The highest BCUT2D eigenvalue weighted by molar-refractivity contribution is 6.03. The number of aliphatic carboxylic acids is 1. The van der Waals surface area contributed by atoms with Crippen molar-refractivity contribution in [3.63, 3.8) is 0 Å². The SMILES string of the molecule is CC(C)(C(=O)O)N1C(=O)CCc2cc(CN)ccc21. The molecular weight excluding hydrogens is 244 g/mol. The predicted molar refractivity (Wildman–Crippen MR) is 71.9 cm³/mol. The maximum atomic E-state index is 12.1. The largest absolute Gasteiger partial charge is 0.480 e. The lowest BCUT2D eigenvalue weighted by atomic mass is 9.93. The van der Waals surface area contributed by atoms with E-state index in [0.717, 1.165) is 11.1 Å². The van der Waals surface area contributed by atoms with Crippen molar-refractivity contribution in [3.05, 3.63) is 29.3 Å². The first kappa shape index (κ1) is 13.5. The van der Waals surface area contributed by atoms with Crippen LogP contribution >= 0.6 is 0 Å². The number of rotatable bonds is 3. The number of anilines is 1. The third-order valence-electron chi connectivity index (χ3n) is 3.56. The standard InChI is InChI=1S/C14H18N2O3/c1-14(2,13(18)19)16-11-5-3-9(8-15)7-10(11)4-6-12(16)17/h3,5,7H,4,6,8,15H2,1-2H3,(H,18,19). The number of amides is 1. The lowest BCUT2D eigenvalue weighted by Crippen LogP contribution is -2.55. The number of carboxylic acids is 1. The number of hydrogen-bond donors (Lipinski definition) is 2. The first-order valence-electron chi connectivity index (χ1n) is 6.26. The maximum Gasteiger partial charge on any atom is 0.329 e. The van der Waals surface area contributed by atoms with Crippen molar-refractivity contribution in [2.24, 2.45) is 5.73 Å². The molecule has 1 aliphatic heterocycles. The fourth-order valence-corrected chi connectivity index (χ4v) is 2.38. The molecule has 19 heavy (non-hydrogen) atoms. The Balaban J connectivity index is 2.53. The Morgan fingerprint density at radius 2 is 2.11 bits per heavy atom. The number of aryl methyl sites for hydroxylation is 1. The Bertz CT molecular complexity index is 537. The van der Waals surface area contributed by atoms with Crippen LogP contribution in [0.15, 0.2) is 18.2 Å². The fraction of sp³-hybridized carbons (Fsp3) is 0.429. The van der Waals surface area contributed by atoms with Crippen LogP contribution in [0.1, 0.15) is 31.4 Å². The summed E-state index contributed by atoms with van der Waals surface area (Å²) in [4.78, 5) is 24.9. The summed E-state index contributed by atoms with van der Waals surface area (Å²) in [6.07, 6.45) is 0.964. The van der Waals surface area contributed by atoms with Gasteiger partial charge in [0.05, 0.1) is 0 Å². The molecule has 0 aliphatic carbocycles. The van der Waals surface area contributed by atoms with Crippen LogP contribution in [0.5, 0.6) is 0 Å². The quantitative estimate of drug-likeness (QED) is 0.859. The van der Waals surface area contributed by atoms with Crippen molar-refractivity contribution in [3.8, 4) is 0 Å². The van der Waals surface area contributed by atoms with E-state index >= 15 is 0 Å². The number of benzene rings is 1. The van der Waals surface area contributed by atoms with E-state index < -0.39 is 11.5 Å². The molecule has 102 valence electrons. The maximum absolute atomic E-state index is 12.1. The smallest absolute Gasteiger partial charge is 0.329 e. The second kappa shape index (κ2) is 4.66. The van der Waals surface area contributed by atoms with E-state index in [-0.39, 0.29) is 5.91 Å². The summed E-state index contributed by atoms with van der Waals surface area (Å²) < 4.78 is 0. The molecule has 0 spiro atoms. The number of hydrogen-bond acceptors (Lipinski definition) is 3. The molecule has 0 fully saturated rings. The third-order valence-corrected chi connectivity index (χ3v) is 3.56. The molecule has 1 aromatic carbocycles. The zero-order valence-electron chi connectivity index (χ0n) is 11.1. The minimum Gasteiger partial charge on any atom is -0.480 e. The first-order valence-corrected chi connectivity index (χ1v) is 6.26. The highest BCUT2D eigenvalue weighted by Gasteiger charge is 2.41. The van der Waals surface area contributed by atoms with Crippen molar-refractivity contribution in [1.29, 1.82) is 0 Å². The molecule has 5 heteroatoms. The summed E-state index contributed by atoms with van der Waals surface area (Å²) in [7, 11) is 0. The summed E-state index contributed by atoms with van der Waals surface area (Å²) >= 11 is 0. The van der Waals surface area contributed by atoms with Crippen LogP contribution in [0, 0.1) is 0 Å². The molecule has 0 radical (unpaired) electrons. The zero-order valence-corrected chi connectivity index (χ0v) is 11.1. The average Bonchev–Trinajstić information content (AvgIpc) is 2.37. The number of nitrogens with two attached hydrogens (primary N) is 1. The van der Waals surface area contributed by atoms with E-state index in [1.165, 1.54) is 4.90 Å². The van der Waals surface area contributed by atoms with Crippen LogP contribution < -0.4 is 10.6 Å². The number of nitrogens with zero attached hydrogens (tertiary/aromatic N) is 1. The van der Waals surface area contributed by atoms with Gasteiger partial charge in [0, 0.05) is 18.7 Å². The van der Waals surface area contributed by atoms with Gasteiger partial charge in [-0.25, -0.2) is 4.79 Å². The van der Waals surface area contributed by atoms with Crippen LogP contribution in [0.25, 0.3) is 0 Å². The van der Waals surface area contributed by atoms with E-state index in [2.05, 4.69) is 0 Å². The average molecular weight is 262 g/mol. The van der Waals surface area contributed by atoms with Gasteiger partial charge in [0.2, 0.25) is 5.91 Å². The van der Waals surface area contributed by atoms with Gasteiger partial charge in [-0.1, -0.05) is 12.1 Å². The van der Waals surface area contributed by atoms with E-state index in [0.29, 0.717) is 25.1 Å². The molecule has 0 aromatic heterocycles. The topological polar surface area (TPSA) is 83.6 Å². The van der Waals surface area contributed by atoms with Crippen LogP contribution in [0.3, 0.4) is 0 Å². The number of fused-ring (bicyclic) bond motifs is 1. The minimum absolute atomic E-state index is 0.152. The fourth-order valence-electron chi connectivity index (χ4n) is 2.38. The summed E-state index contributed by atoms with van der Waals surface area (Å²) in [5.74, 6) is -1.17. The van der Waals surface area contributed by atoms with Crippen LogP contribution in [-0.2, 0) is 22.6 Å². The molecule has 1 amide bonds. The van der Waals surface area contributed by atoms with Crippen LogP contribution in [0.2, 0.25) is 0 Å². The molecule has 1 heterocycles. The highest BCUT2D eigenvalue weighted by atomic mass is 16.4. The van der Waals surface area contributed by atoms with Crippen molar-refractivity contribution in [2.75, 3.05) is 4.90 Å². The summed E-state index contributed by atoms with van der Waals surface area (Å²) in [6.45, 7) is 3.52. The molecule has 0 bridgehead atoms. The van der Waals surface area contributed by atoms with E-state index in [9.17, 15) is 14.7 Å². The molecule has 1 aliphatic rings. The van der Waals surface area contributed by atoms with Gasteiger partial charge in [-0.2, -0.15) is 0 Å². The minimum atomic E-state index is -1.25. The van der Waals surface area contributed by atoms with Crippen molar-refractivity contribution in [1.82, 2.24) is 0 Å². The molecule has 3 N–H and O–H groups in total. The number of carbonyl (C=O) groups is 2. The Labute approximate surface area is 112 Å². The third kappa shape index (κ3) is 2.21. The van der Waals surface area contributed by atoms with E-state index in [4.69, 9.17) is 5.73 Å². The molecule has 2 rings (SSSR count). The summed E-state index contributed by atoms with van der Waals surface area (Å²) in [5, 5.41) is 9.32. The summed E-state index contributed by atoms with van der Waals surface area (Å²) in [6, 6.07) is 5.58. The zero-order chi connectivity index (χ0) is 14.2. The highest BCUT2D eigenvalue weighted by Crippen LogP contribution is 2.34. The Morgan fingerprint density at radius 3 is 2.68 bits per heavy atom. The van der Waals surface area contributed by atoms with E-state index in [1.54, 1.807) is 19.9 Å². The molecule has 0 unspecified atom stereocenters. The van der Waals surface area contributed by atoms with Crippen molar-refractivity contribution in [2.45, 2.75) is 38.8 Å². The molecule has 5 nitrogen and oxygen atoms in total. The second-order valence-electron chi connectivity index (χ2n) is 5.26. The van der Waals surface area contributed by atoms with Crippen molar-refractivity contribution >= 4 is 17.6 Å². The van der Waals surface area contributed by atoms with Crippen LogP contribution in [-0.4, -0.2) is 22.5 Å². The Hall–Kier alpha value is -1.88. The van der Waals surface area contributed by atoms with Gasteiger partial charge < -0.3 is 10.8 Å². The second-order valence-corrected chi connectivity index (χ2v) is 5.26. The van der Waals surface area contributed by atoms with E-state index in [1.807, 2.05) is 12.1 Å². The van der Waals surface area contributed by atoms with Gasteiger partial charge in [-0.05, 0) is 37.5 Å². The van der Waals surface area contributed by atoms with Gasteiger partial charge >= 0.3 is 5.97 Å². The van der Waals surface area contributed by atoms with Crippen LogP contribution in [0.4, 0.5) is 5.69 Å². The van der Waals surface area contributed by atoms with Gasteiger partial charge in [0.25, 0.3) is 0 Å². The molecule has 1 aromatic rings. The molecule has 0 saturated carbocycles. The monoisotopic (exact) mass is 262 g/mol. The van der Waals surface area contributed by atoms with Gasteiger partial charge in [0.1, 0.15) is 5.54 Å². The normalized spacial score (nSPS) is 15.3. The van der Waals surface area contributed by atoms with Gasteiger partial charge in [-0.15, -0.1) is 0 Å². The first-order chi connectivity index (χ1) is 8.87. The van der Waals surface area contributed by atoms with Gasteiger partial charge in [-0.3, -0.25) is 9.69 Å². The number of carboxylic acid groups (broad SMARTS) is 1. The molecule has 0 atom stereocenters.